The molecule has 0 heterocycles. The number of hydrogen-bond acceptors (Lipinski definition) is 5. The Morgan fingerprint density at radius 2 is 1.56 bits per heavy atom. The van der Waals surface area contributed by atoms with Gasteiger partial charge in [0, 0.05) is 11.0 Å². The van der Waals surface area contributed by atoms with Gasteiger partial charge in [0.2, 0.25) is 0 Å². The number of aliphatic hydroxyl groups excluding tert-OH is 1. The average Bonchev–Trinajstić information content (AvgIpc) is 2.90. The van der Waals surface area contributed by atoms with Crippen LogP contribution in [-0.2, 0) is 25.5 Å². The Balaban J connectivity index is 2.12. The fourth-order valence-electron chi connectivity index (χ4n) is 5.41. The van der Waals surface area contributed by atoms with E-state index in [1.54, 1.807) is 6.92 Å². The molecule has 2 rings (SSSR count). The quantitative estimate of drug-likeness (QED) is 0.166. The molecule has 0 spiro atoms. The Morgan fingerprint density at radius 3 is 2.08 bits per heavy atom. The SMILES string of the molecule is C=C(C)C(=O)OCC(CCC)(COC(=O)C(=C)CO)C1CCC(c2ccc(CCCCC)cc2)CC1. The number of carbonyl (C=O) groups excluding carboxylic acids is 2. The van der Waals surface area contributed by atoms with Gasteiger partial charge in [-0.15, -0.1) is 0 Å². The van der Waals surface area contributed by atoms with Crippen molar-refractivity contribution in [1.29, 1.82) is 0 Å². The van der Waals surface area contributed by atoms with Crippen molar-refractivity contribution in [2.24, 2.45) is 11.3 Å². The predicted molar refractivity (Wildman–Crippen MR) is 145 cm³/mol. The molecule has 0 aliphatic heterocycles. The molecule has 5 nitrogen and oxygen atoms in total. The number of rotatable bonds is 15. The Morgan fingerprint density at radius 1 is 0.944 bits per heavy atom. The van der Waals surface area contributed by atoms with Gasteiger partial charge in [0.25, 0.3) is 0 Å². The highest BCUT2D eigenvalue weighted by atomic mass is 16.5. The molecule has 36 heavy (non-hydrogen) atoms. The highest BCUT2D eigenvalue weighted by Crippen LogP contribution is 2.46. The summed E-state index contributed by atoms with van der Waals surface area (Å²) >= 11 is 0. The largest absolute Gasteiger partial charge is 0.462 e. The molecule has 1 unspecified atom stereocenters. The summed E-state index contributed by atoms with van der Waals surface area (Å²) in [5.74, 6) is -0.249. The van der Waals surface area contributed by atoms with Gasteiger partial charge in [-0.2, -0.15) is 0 Å². The first-order valence-corrected chi connectivity index (χ1v) is 13.6. The summed E-state index contributed by atoms with van der Waals surface area (Å²) in [6.45, 7) is 13.1. The first-order valence-electron chi connectivity index (χ1n) is 13.6. The first kappa shape index (κ1) is 29.8. The van der Waals surface area contributed by atoms with Crippen molar-refractivity contribution in [3.63, 3.8) is 0 Å². The van der Waals surface area contributed by atoms with E-state index in [4.69, 9.17) is 9.47 Å². The number of aryl methyl sites for hydroxylation is 1. The molecule has 1 aliphatic rings. The van der Waals surface area contributed by atoms with Crippen molar-refractivity contribution in [2.75, 3.05) is 19.8 Å². The third-order valence-corrected chi connectivity index (χ3v) is 7.67. The number of benzene rings is 1. The Hall–Kier alpha value is -2.40. The monoisotopic (exact) mass is 498 g/mol. The fourth-order valence-corrected chi connectivity index (χ4v) is 5.41. The second-order valence-electron chi connectivity index (χ2n) is 10.6. The van der Waals surface area contributed by atoms with Gasteiger partial charge >= 0.3 is 11.9 Å². The molecular formula is C31H46O5. The van der Waals surface area contributed by atoms with Gasteiger partial charge in [-0.1, -0.05) is 70.5 Å². The minimum absolute atomic E-state index is 0.0289. The lowest BCUT2D eigenvalue weighted by Gasteiger charge is -2.43. The predicted octanol–water partition coefficient (Wildman–Crippen LogP) is 6.69. The zero-order valence-electron chi connectivity index (χ0n) is 22.7. The van der Waals surface area contributed by atoms with Crippen molar-refractivity contribution < 1.29 is 24.2 Å². The number of esters is 2. The maximum atomic E-state index is 12.3. The lowest BCUT2D eigenvalue weighted by Crippen LogP contribution is -2.43. The van der Waals surface area contributed by atoms with Crippen LogP contribution in [0.5, 0.6) is 0 Å². The molecule has 1 saturated carbocycles. The molecule has 1 N–H and O–H groups in total. The third kappa shape index (κ3) is 8.62. The van der Waals surface area contributed by atoms with Crippen LogP contribution in [0.3, 0.4) is 0 Å². The maximum absolute atomic E-state index is 12.3. The van der Waals surface area contributed by atoms with Gasteiger partial charge in [-0.3, -0.25) is 0 Å². The normalized spacial score (nSPS) is 19.2. The van der Waals surface area contributed by atoms with E-state index < -0.39 is 24.0 Å². The van der Waals surface area contributed by atoms with E-state index in [1.165, 1.54) is 30.4 Å². The smallest absolute Gasteiger partial charge is 0.335 e. The number of aliphatic hydroxyl groups is 1. The van der Waals surface area contributed by atoms with E-state index in [2.05, 4.69) is 51.3 Å². The summed E-state index contributed by atoms with van der Waals surface area (Å²) in [4.78, 5) is 24.5. The molecule has 1 aliphatic carbocycles. The average molecular weight is 499 g/mol. The van der Waals surface area contributed by atoms with E-state index >= 15 is 0 Å². The van der Waals surface area contributed by atoms with E-state index in [0.717, 1.165) is 44.9 Å². The van der Waals surface area contributed by atoms with Crippen molar-refractivity contribution in [2.45, 2.75) is 90.9 Å². The van der Waals surface area contributed by atoms with Crippen LogP contribution >= 0.6 is 0 Å². The van der Waals surface area contributed by atoms with Crippen molar-refractivity contribution >= 4 is 11.9 Å². The summed E-state index contributed by atoms with van der Waals surface area (Å²) in [6.07, 6.45) is 10.6. The molecule has 5 heteroatoms. The first-order chi connectivity index (χ1) is 17.3. The van der Waals surface area contributed by atoms with Gasteiger partial charge in [-0.05, 0) is 74.8 Å². The van der Waals surface area contributed by atoms with Crippen LogP contribution in [0.1, 0.15) is 95.6 Å². The minimum atomic E-state index is -0.600. The van der Waals surface area contributed by atoms with E-state index in [9.17, 15) is 14.7 Å². The van der Waals surface area contributed by atoms with Crippen LogP contribution in [0.15, 0.2) is 48.6 Å². The number of unbranched alkanes of at least 4 members (excludes halogenated alkanes) is 2. The molecule has 1 aromatic rings. The topological polar surface area (TPSA) is 72.8 Å². The third-order valence-electron chi connectivity index (χ3n) is 7.67. The standard InChI is InChI=1S/C31H46O5/c1-6-8-9-10-25-11-13-26(14-12-25)27-15-17-28(18-16-27)31(19-7-2,21-35-29(33)23(3)4)22-36-30(34)24(5)20-32/h11-14,27-28,32H,3,5-10,15-22H2,1-2,4H3. The van der Waals surface area contributed by atoms with Gasteiger partial charge in [0.15, 0.2) is 0 Å². The number of hydrogen-bond donors (Lipinski definition) is 1. The minimum Gasteiger partial charge on any atom is -0.462 e. The molecule has 0 radical (unpaired) electrons. The molecule has 200 valence electrons. The van der Waals surface area contributed by atoms with Gasteiger partial charge in [0.1, 0.15) is 13.2 Å². The van der Waals surface area contributed by atoms with Crippen molar-refractivity contribution in [3.8, 4) is 0 Å². The van der Waals surface area contributed by atoms with E-state index in [1.807, 2.05) is 0 Å². The molecule has 0 saturated heterocycles. The maximum Gasteiger partial charge on any atom is 0.335 e. The lowest BCUT2D eigenvalue weighted by molar-refractivity contribution is -0.154. The number of ether oxygens (including phenoxy) is 2. The molecule has 0 aromatic heterocycles. The molecule has 1 atom stereocenters. The summed E-state index contributed by atoms with van der Waals surface area (Å²) in [7, 11) is 0. The lowest BCUT2D eigenvalue weighted by atomic mass is 9.64. The van der Waals surface area contributed by atoms with Crippen LogP contribution in [0.2, 0.25) is 0 Å². The zero-order chi connectivity index (χ0) is 26.6. The van der Waals surface area contributed by atoms with Crippen molar-refractivity contribution in [3.05, 3.63) is 59.7 Å². The summed E-state index contributed by atoms with van der Waals surface area (Å²) in [5, 5.41) is 9.25. The van der Waals surface area contributed by atoms with Crippen molar-refractivity contribution in [1.82, 2.24) is 0 Å². The number of carbonyl (C=O) groups is 2. The highest BCUT2D eigenvalue weighted by molar-refractivity contribution is 5.88. The van der Waals surface area contributed by atoms with Gasteiger partial charge in [0.05, 0.1) is 12.2 Å². The summed E-state index contributed by atoms with van der Waals surface area (Å²) in [5.41, 5.74) is 2.72. The van der Waals surface area contributed by atoms with Crippen LogP contribution < -0.4 is 0 Å². The van der Waals surface area contributed by atoms with Gasteiger partial charge in [-0.25, -0.2) is 9.59 Å². The Kier molecular flexibility index (Phi) is 12.4. The molecular weight excluding hydrogens is 452 g/mol. The van der Waals surface area contributed by atoms with Gasteiger partial charge < -0.3 is 14.6 Å². The summed E-state index contributed by atoms with van der Waals surface area (Å²) < 4.78 is 11.3. The second kappa shape index (κ2) is 15.0. The molecule has 1 fully saturated rings. The zero-order valence-corrected chi connectivity index (χ0v) is 22.7. The Bertz CT molecular complexity index is 863. The fraction of sp³-hybridized carbons (Fsp3) is 0.613. The summed E-state index contributed by atoms with van der Waals surface area (Å²) in [6, 6.07) is 9.15. The van der Waals surface area contributed by atoms with E-state index in [0.29, 0.717) is 11.5 Å². The van der Waals surface area contributed by atoms with Crippen LogP contribution in [-0.4, -0.2) is 36.9 Å². The Labute approximate surface area is 218 Å². The van der Waals surface area contributed by atoms with Crippen LogP contribution in [0, 0.1) is 11.3 Å². The van der Waals surface area contributed by atoms with Crippen LogP contribution in [0.4, 0.5) is 0 Å². The van der Waals surface area contributed by atoms with Crippen LogP contribution in [0.25, 0.3) is 0 Å². The van der Waals surface area contributed by atoms with E-state index in [-0.39, 0.29) is 24.7 Å². The molecule has 0 amide bonds. The molecule has 0 bridgehead atoms. The second-order valence-corrected chi connectivity index (χ2v) is 10.6. The molecule has 1 aromatic carbocycles. The highest BCUT2D eigenvalue weighted by Gasteiger charge is 2.42.